The van der Waals surface area contributed by atoms with Crippen molar-refractivity contribution in [2.24, 2.45) is 0 Å². The van der Waals surface area contributed by atoms with Crippen LogP contribution in [0, 0.1) is 0 Å². The van der Waals surface area contributed by atoms with Crippen molar-refractivity contribution in [3.05, 3.63) is 0 Å². The Balaban J connectivity index is 2.35. The lowest BCUT2D eigenvalue weighted by Crippen LogP contribution is -2.37. The molecule has 0 spiro atoms. The summed E-state index contributed by atoms with van der Waals surface area (Å²) in [6, 6.07) is 0.598. The zero-order valence-electron chi connectivity index (χ0n) is 6.42. The Morgan fingerprint density at radius 1 is 1.33 bits per heavy atom. The third-order valence-electron chi connectivity index (χ3n) is 1.96. The maximum Gasteiger partial charge on any atom is 0.0765 e. The largest absolute Gasteiger partial charge is 0.296 e. The molecule has 2 nitrogen and oxygen atoms in total. The topological polar surface area (TPSA) is 12.5 Å². The minimum Gasteiger partial charge on any atom is -0.296 e. The first-order chi connectivity index (χ1) is 4.20. The van der Waals surface area contributed by atoms with E-state index in [9.17, 15) is 0 Å². The van der Waals surface area contributed by atoms with Gasteiger partial charge in [-0.05, 0) is 26.7 Å². The Hall–Kier alpha value is -0.0800. The Kier molecular flexibility index (Phi) is 2.09. The molecule has 2 atom stereocenters. The predicted molar refractivity (Wildman–Crippen MR) is 37.0 cm³/mol. The Bertz CT molecular complexity index is 94.9. The smallest absolute Gasteiger partial charge is 0.0765 e. The molecular formula is C7H15NO. The normalized spacial score (nSPS) is 39.0. The van der Waals surface area contributed by atoms with Gasteiger partial charge in [0.1, 0.15) is 0 Å². The minimum absolute atomic E-state index is 0.422. The summed E-state index contributed by atoms with van der Waals surface area (Å²) in [4.78, 5) is 5.43. The Morgan fingerprint density at radius 2 is 2.00 bits per heavy atom. The monoisotopic (exact) mass is 129 g/mol. The molecule has 0 aliphatic carbocycles. The summed E-state index contributed by atoms with van der Waals surface area (Å²) in [5.74, 6) is 0. The van der Waals surface area contributed by atoms with Gasteiger partial charge in [0.15, 0.2) is 0 Å². The van der Waals surface area contributed by atoms with Crippen LogP contribution in [-0.4, -0.2) is 24.3 Å². The van der Waals surface area contributed by atoms with E-state index in [0.29, 0.717) is 12.1 Å². The molecule has 1 aliphatic rings. The molecule has 0 radical (unpaired) electrons. The molecule has 9 heavy (non-hydrogen) atoms. The molecule has 54 valence electrons. The molecule has 0 aromatic carbocycles. The lowest BCUT2D eigenvalue weighted by molar-refractivity contribution is -0.223. The summed E-state index contributed by atoms with van der Waals surface area (Å²) in [6.45, 7) is 4.30. The SMILES string of the molecule is CC1CCC(C)N(C)O1. The van der Waals surface area contributed by atoms with Crippen LogP contribution in [0.15, 0.2) is 0 Å². The maximum absolute atomic E-state index is 5.43. The average molecular weight is 129 g/mol. The summed E-state index contributed by atoms with van der Waals surface area (Å²) in [7, 11) is 2.00. The van der Waals surface area contributed by atoms with Gasteiger partial charge in [0, 0.05) is 13.1 Å². The van der Waals surface area contributed by atoms with E-state index < -0.39 is 0 Å². The van der Waals surface area contributed by atoms with Gasteiger partial charge in [0.25, 0.3) is 0 Å². The molecule has 1 heterocycles. The van der Waals surface area contributed by atoms with Gasteiger partial charge in [-0.15, -0.1) is 0 Å². The van der Waals surface area contributed by atoms with Gasteiger partial charge in [0.2, 0.25) is 0 Å². The van der Waals surface area contributed by atoms with E-state index in [1.165, 1.54) is 12.8 Å². The van der Waals surface area contributed by atoms with Crippen LogP contribution in [-0.2, 0) is 4.84 Å². The number of hydrogen-bond donors (Lipinski definition) is 0. The van der Waals surface area contributed by atoms with Crippen molar-refractivity contribution in [2.45, 2.75) is 38.8 Å². The van der Waals surface area contributed by atoms with Crippen molar-refractivity contribution in [3.63, 3.8) is 0 Å². The first-order valence-corrected chi connectivity index (χ1v) is 3.59. The van der Waals surface area contributed by atoms with Crippen LogP contribution in [0.4, 0.5) is 0 Å². The summed E-state index contributed by atoms with van der Waals surface area (Å²) in [5.41, 5.74) is 0. The van der Waals surface area contributed by atoms with Crippen molar-refractivity contribution < 1.29 is 4.84 Å². The molecular weight excluding hydrogens is 114 g/mol. The third kappa shape index (κ3) is 1.66. The van der Waals surface area contributed by atoms with Gasteiger partial charge in [-0.2, -0.15) is 5.06 Å². The first kappa shape index (κ1) is 7.03. The first-order valence-electron chi connectivity index (χ1n) is 3.59. The Labute approximate surface area is 56.8 Å². The lowest BCUT2D eigenvalue weighted by Gasteiger charge is -2.32. The second-order valence-electron chi connectivity index (χ2n) is 2.89. The quantitative estimate of drug-likeness (QED) is 0.490. The number of nitrogens with zero attached hydrogens (tertiary/aromatic N) is 1. The van der Waals surface area contributed by atoms with Gasteiger partial charge in [-0.1, -0.05) is 0 Å². The molecule has 1 fully saturated rings. The van der Waals surface area contributed by atoms with E-state index in [0.717, 1.165) is 0 Å². The minimum atomic E-state index is 0.422. The molecule has 1 aliphatic heterocycles. The fourth-order valence-electron chi connectivity index (χ4n) is 1.10. The van der Waals surface area contributed by atoms with Crippen LogP contribution in [0.1, 0.15) is 26.7 Å². The van der Waals surface area contributed by atoms with E-state index in [1.807, 2.05) is 12.1 Å². The van der Waals surface area contributed by atoms with E-state index in [1.54, 1.807) is 0 Å². The van der Waals surface area contributed by atoms with Crippen LogP contribution in [0.3, 0.4) is 0 Å². The highest BCUT2D eigenvalue weighted by Crippen LogP contribution is 2.16. The molecule has 0 aromatic heterocycles. The molecule has 1 rings (SSSR count). The summed E-state index contributed by atoms with van der Waals surface area (Å²) >= 11 is 0. The van der Waals surface area contributed by atoms with Gasteiger partial charge in [-0.3, -0.25) is 4.84 Å². The highest BCUT2D eigenvalue weighted by Gasteiger charge is 2.19. The number of hydroxylamine groups is 2. The van der Waals surface area contributed by atoms with E-state index in [2.05, 4.69) is 13.8 Å². The van der Waals surface area contributed by atoms with Gasteiger partial charge < -0.3 is 0 Å². The van der Waals surface area contributed by atoms with Gasteiger partial charge in [0.05, 0.1) is 6.10 Å². The molecule has 0 saturated carbocycles. The fourth-order valence-corrected chi connectivity index (χ4v) is 1.10. The molecule has 2 heteroatoms. The van der Waals surface area contributed by atoms with Crippen molar-refractivity contribution in [2.75, 3.05) is 7.05 Å². The third-order valence-corrected chi connectivity index (χ3v) is 1.96. The second kappa shape index (κ2) is 2.67. The van der Waals surface area contributed by atoms with Crippen molar-refractivity contribution >= 4 is 0 Å². The van der Waals surface area contributed by atoms with Crippen molar-refractivity contribution in [3.8, 4) is 0 Å². The lowest BCUT2D eigenvalue weighted by atomic mass is 10.1. The van der Waals surface area contributed by atoms with Crippen molar-refractivity contribution in [1.29, 1.82) is 0 Å². The van der Waals surface area contributed by atoms with Gasteiger partial charge >= 0.3 is 0 Å². The zero-order valence-corrected chi connectivity index (χ0v) is 6.42. The fraction of sp³-hybridized carbons (Fsp3) is 1.00. The molecule has 1 saturated heterocycles. The number of hydrogen-bond acceptors (Lipinski definition) is 2. The highest BCUT2D eigenvalue weighted by atomic mass is 16.7. The van der Waals surface area contributed by atoms with E-state index >= 15 is 0 Å². The predicted octanol–water partition coefficient (Wildman–Crippen LogP) is 1.42. The molecule has 0 bridgehead atoms. The average Bonchev–Trinajstić information content (AvgIpc) is 1.80. The molecule has 0 amide bonds. The van der Waals surface area contributed by atoms with E-state index in [4.69, 9.17) is 4.84 Å². The van der Waals surface area contributed by atoms with Crippen LogP contribution in [0.2, 0.25) is 0 Å². The maximum atomic E-state index is 5.43. The summed E-state index contributed by atoms with van der Waals surface area (Å²) in [5, 5.41) is 1.95. The molecule has 2 unspecified atom stereocenters. The second-order valence-corrected chi connectivity index (χ2v) is 2.89. The zero-order chi connectivity index (χ0) is 6.85. The van der Waals surface area contributed by atoms with Crippen LogP contribution in [0.5, 0.6) is 0 Å². The summed E-state index contributed by atoms with van der Waals surface area (Å²) in [6.07, 6.45) is 2.88. The Morgan fingerprint density at radius 3 is 2.44 bits per heavy atom. The van der Waals surface area contributed by atoms with Crippen LogP contribution in [0.25, 0.3) is 0 Å². The molecule has 0 N–H and O–H groups in total. The van der Waals surface area contributed by atoms with Crippen LogP contribution >= 0.6 is 0 Å². The number of rotatable bonds is 0. The van der Waals surface area contributed by atoms with Crippen LogP contribution < -0.4 is 0 Å². The standard InChI is InChI=1S/C7H15NO/c1-6-4-5-7(2)9-8(6)3/h6-7H,4-5H2,1-3H3. The van der Waals surface area contributed by atoms with Crippen molar-refractivity contribution in [1.82, 2.24) is 5.06 Å². The van der Waals surface area contributed by atoms with Gasteiger partial charge in [-0.25, -0.2) is 0 Å². The summed E-state index contributed by atoms with van der Waals surface area (Å²) < 4.78 is 0. The van der Waals surface area contributed by atoms with E-state index in [-0.39, 0.29) is 0 Å². The molecule has 0 aromatic rings. The highest BCUT2D eigenvalue weighted by molar-refractivity contribution is 4.65.